The van der Waals surface area contributed by atoms with E-state index in [1.807, 2.05) is 47.4 Å². The molecular weight excluding hydrogens is 454 g/mol. The molecule has 180 valence electrons. The Morgan fingerprint density at radius 1 is 1.00 bits per heavy atom. The number of morpholine rings is 1. The first kappa shape index (κ1) is 23.7. The van der Waals surface area contributed by atoms with Gasteiger partial charge in [0.15, 0.2) is 5.13 Å². The Kier molecular flexibility index (Phi) is 7.23. The Bertz CT molecular complexity index is 1300. The third kappa shape index (κ3) is 5.45. The molecule has 1 amide bonds. The highest BCUT2D eigenvalue weighted by Crippen LogP contribution is 2.33. The smallest absolute Gasteiger partial charge is 0.260 e. The summed E-state index contributed by atoms with van der Waals surface area (Å²) in [4.78, 5) is 22.9. The van der Waals surface area contributed by atoms with Gasteiger partial charge < -0.3 is 4.74 Å². The molecule has 3 aromatic carbocycles. The Morgan fingerprint density at radius 3 is 2.46 bits per heavy atom. The van der Waals surface area contributed by atoms with E-state index in [2.05, 4.69) is 43.0 Å². The van der Waals surface area contributed by atoms with Crippen molar-refractivity contribution >= 4 is 32.6 Å². The Hall–Kier alpha value is -3.06. The second-order valence-electron chi connectivity index (χ2n) is 9.13. The minimum absolute atomic E-state index is 0.0000188. The molecular formula is C29H31N3O2S. The molecule has 4 aromatic rings. The molecule has 1 aromatic heterocycles. The molecule has 1 aliphatic rings. The zero-order valence-corrected chi connectivity index (χ0v) is 21.2. The average Bonchev–Trinajstić information content (AvgIpc) is 3.31. The van der Waals surface area contributed by atoms with E-state index in [4.69, 9.17) is 9.72 Å². The molecule has 0 spiro atoms. The number of carbonyl (C=O) groups is 1. The first-order chi connectivity index (χ1) is 17.1. The van der Waals surface area contributed by atoms with Crippen molar-refractivity contribution < 1.29 is 9.53 Å². The molecule has 1 fully saturated rings. The number of aromatic nitrogens is 1. The minimum Gasteiger partial charge on any atom is -0.379 e. The summed E-state index contributed by atoms with van der Waals surface area (Å²) in [7, 11) is 0. The number of thiazole rings is 1. The summed E-state index contributed by atoms with van der Waals surface area (Å²) in [6.07, 6.45) is 0.891. The summed E-state index contributed by atoms with van der Waals surface area (Å²) in [6, 6.07) is 22.4. The molecule has 0 unspecified atom stereocenters. The van der Waals surface area contributed by atoms with Gasteiger partial charge in [-0.1, -0.05) is 59.9 Å². The van der Waals surface area contributed by atoms with E-state index >= 15 is 0 Å². The molecule has 0 aliphatic carbocycles. The molecule has 6 heteroatoms. The maximum absolute atomic E-state index is 13.8. The molecule has 2 heterocycles. The van der Waals surface area contributed by atoms with Gasteiger partial charge in [0, 0.05) is 31.7 Å². The summed E-state index contributed by atoms with van der Waals surface area (Å²) in [6.45, 7) is 9.26. The molecule has 0 atom stereocenters. The van der Waals surface area contributed by atoms with Gasteiger partial charge in [0.05, 0.1) is 23.4 Å². The highest BCUT2D eigenvalue weighted by Gasteiger charge is 2.22. The number of rotatable bonds is 7. The number of nitrogens with zero attached hydrogens (tertiary/aromatic N) is 3. The topological polar surface area (TPSA) is 45.7 Å². The van der Waals surface area contributed by atoms with Gasteiger partial charge in [0.2, 0.25) is 0 Å². The average molecular weight is 486 g/mol. The molecule has 1 aliphatic heterocycles. The normalized spacial score (nSPS) is 14.3. The maximum Gasteiger partial charge on any atom is 0.260 e. The minimum atomic E-state index is 0.0000188. The van der Waals surface area contributed by atoms with E-state index < -0.39 is 0 Å². The van der Waals surface area contributed by atoms with Crippen LogP contribution in [-0.4, -0.2) is 55.2 Å². The second-order valence-corrected chi connectivity index (χ2v) is 10.1. The lowest BCUT2D eigenvalue weighted by molar-refractivity contribution is 0.0376. The van der Waals surface area contributed by atoms with Crippen molar-refractivity contribution in [1.29, 1.82) is 0 Å². The number of hydrogen-bond acceptors (Lipinski definition) is 5. The highest BCUT2D eigenvalue weighted by atomic mass is 32.1. The van der Waals surface area contributed by atoms with Crippen LogP contribution in [0.2, 0.25) is 0 Å². The molecule has 1 saturated heterocycles. The number of amides is 1. The van der Waals surface area contributed by atoms with Gasteiger partial charge in [-0.25, -0.2) is 4.98 Å². The summed E-state index contributed by atoms with van der Waals surface area (Å²) in [5, 5.41) is 0.771. The quantitative estimate of drug-likeness (QED) is 0.325. The van der Waals surface area contributed by atoms with Crippen molar-refractivity contribution in [1.82, 2.24) is 9.88 Å². The number of hydrogen-bond donors (Lipinski definition) is 0. The third-order valence-electron chi connectivity index (χ3n) is 6.48. The van der Waals surface area contributed by atoms with Crippen molar-refractivity contribution in [3.63, 3.8) is 0 Å². The van der Waals surface area contributed by atoms with Gasteiger partial charge in [0.1, 0.15) is 0 Å². The van der Waals surface area contributed by atoms with Crippen LogP contribution in [0.25, 0.3) is 21.3 Å². The highest BCUT2D eigenvalue weighted by molar-refractivity contribution is 7.22. The molecule has 5 nitrogen and oxygen atoms in total. The predicted molar refractivity (Wildman–Crippen MR) is 145 cm³/mol. The molecule has 5 rings (SSSR count). The van der Waals surface area contributed by atoms with Crippen LogP contribution in [0.3, 0.4) is 0 Å². The van der Waals surface area contributed by atoms with Crippen LogP contribution in [0.4, 0.5) is 5.13 Å². The fraction of sp³-hybridized carbons (Fsp3) is 0.310. The lowest BCUT2D eigenvalue weighted by Crippen LogP contribution is -2.39. The van der Waals surface area contributed by atoms with Gasteiger partial charge in [-0.15, -0.1) is 0 Å². The summed E-state index contributed by atoms with van der Waals surface area (Å²) >= 11 is 1.61. The Labute approximate surface area is 211 Å². The molecule has 0 radical (unpaired) electrons. The first-order valence-corrected chi connectivity index (χ1v) is 13.1. The Morgan fingerprint density at radius 2 is 1.71 bits per heavy atom. The molecule has 0 saturated carbocycles. The van der Waals surface area contributed by atoms with Crippen LogP contribution in [0, 0.1) is 13.8 Å². The van der Waals surface area contributed by atoms with Crippen LogP contribution >= 0.6 is 11.3 Å². The molecule has 0 N–H and O–H groups in total. The first-order valence-electron chi connectivity index (χ1n) is 12.2. The SMILES string of the molecule is Cc1cc(C)c2sc(N(CCCN3CCOCC3)C(=O)c3ccc(-c4ccccc4)cc3)nc2c1. The van der Waals surface area contributed by atoms with Crippen LogP contribution in [0.5, 0.6) is 0 Å². The number of benzene rings is 3. The molecule has 35 heavy (non-hydrogen) atoms. The molecule has 0 bridgehead atoms. The number of anilines is 1. The van der Waals surface area contributed by atoms with Crippen molar-refractivity contribution in [2.45, 2.75) is 20.3 Å². The maximum atomic E-state index is 13.8. The number of carbonyl (C=O) groups excluding carboxylic acids is 1. The lowest BCUT2D eigenvalue weighted by Gasteiger charge is -2.27. The van der Waals surface area contributed by atoms with Crippen molar-refractivity contribution in [2.75, 3.05) is 44.3 Å². The predicted octanol–water partition coefficient (Wildman–Crippen LogP) is 5.95. The largest absolute Gasteiger partial charge is 0.379 e. The fourth-order valence-electron chi connectivity index (χ4n) is 4.63. The summed E-state index contributed by atoms with van der Waals surface area (Å²) < 4.78 is 6.62. The van der Waals surface area contributed by atoms with Gasteiger partial charge in [-0.3, -0.25) is 14.6 Å². The van der Waals surface area contributed by atoms with Gasteiger partial charge >= 0.3 is 0 Å². The van der Waals surface area contributed by atoms with Crippen LogP contribution in [0.15, 0.2) is 66.7 Å². The monoisotopic (exact) mass is 485 g/mol. The number of fused-ring (bicyclic) bond motifs is 1. The second kappa shape index (κ2) is 10.7. The van der Waals surface area contributed by atoms with Crippen LogP contribution in [0.1, 0.15) is 27.9 Å². The van der Waals surface area contributed by atoms with E-state index in [0.29, 0.717) is 12.1 Å². The van der Waals surface area contributed by atoms with Gasteiger partial charge in [-0.05, 0) is 60.7 Å². The number of aryl methyl sites for hydroxylation is 2. The third-order valence-corrected chi connectivity index (χ3v) is 7.71. The van der Waals surface area contributed by atoms with E-state index in [-0.39, 0.29) is 5.91 Å². The zero-order valence-electron chi connectivity index (χ0n) is 20.4. The van der Waals surface area contributed by atoms with E-state index in [1.165, 1.54) is 11.1 Å². The van der Waals surface area contributed by atoms with Crippen molar-refractivity contribution in [3.05, 3.63) is 83.4 Å². The van der Waals surface area contributed by atoms with E-state index in [1.54, 1.807) is 11.3 Å². The van der Waals surface area contributed by atoms with Crippen LogP contribution in [-0.2, 0) is 4.74 Å². The summed E-state index contributed by atoms with van der Waals surface area (Å²) in [5.41, 5.74) is 6.29. The zero-order chi connectivity index (χ0) is 24.2. The lowest BCUT2D eigenvalue weighted by atomic mass is 10.0. The van der Waals surface area contributed by atoms with Crippen LogP contribution < -0.4 is 4.90 Å². The van der Waals surface area contributed by atoms with E-state index in [0.717, 1.165) is 65.7 Å². The number of ether oxygens (including phenoxy) is 1. The van der Waals surface area contributed by atoms with E-state index in [9.17, 15) is 4.79 Å². The van der Waals surface area contributed by atoms with Gasteiger partial charge in [0.25, 0.3) is 5.91 Å². The van der Waals surface area contributed by atoms with Crippen molar-refractivity contribution in [2.24, 2.45) is 0 Å². The fourth-order valence-corrected chi connectivity index (χ4v) is 5.67. The Balaban J connectivity index is 1.41. The van der Waals surface area contributed by atoms with Crippen molar-refractivity contribution in [3.8, 4) is 11.1 Å². The standard InChI is InChI=1S/C29H31N3O2S/c1-21-19-22(2)27-26(20-21)30-29(35-27)32(14-6-13-31-15-17-34-18-16-31)28(33)25-11-9-24(10-12-25)23-7-4-3-5-8-23/h3-5,7-12,19-20H,6,13-18H2,1-2H3. The van der Waals surface area contributed by atoms with Gasteiger partial charge in [-0.2, -0.15) is 0 Å². The summed E-state index contributed by atoms with van der Waals surface area (Å²) in [5.74, 6) is 0.0000188.